The number of hydrogen-bond acceptors (Lipinski definition) is 7. The van der Waals surface area contributed by atoms with E-state index in [0.717, 1.165) is 18.3 Å². The van der Waals surface area contributed by atoms with Gasteiger partial charge in [0.1, 0.15) is 11.4 Å². The summed E-state index contributed by atoms with van der Waals surface area (Å²) in [6.07, 6.45) is -2.04. The van der Waals surface area contributed by atoms with Crippen LogP contribution in [-0.2, 0) is 23.1 Å². The van der Waals surface area contributed by atoms with Crippen molar-refractivity contribution in [1.29, 1.82) is 0 Å². The number of anilines is 1. The van der Waals surface area contributed by atoms with E-state index in [1.165, 1.54) is 30.8 Å². The Balaban J connectivity index is 2.15. The maximum Gasteiger partial charge on any atom is 0.416 e. The van der Waals surface area contributed by atoms with Crippen molar-refractivity contribution < 1.29 is 21.6 Å². The Morgan fingerprint density at radius 2 is 1.80 bits per heavy atom. The van der Waals surface area contributed by atoms with Crippen molar-refractivity contribution in [2.24, 2.45) is 7.05 Å². The molecule has 0 aromatic carbocycles. The summed E-state index contributed by atoms with van der Waals surface area (Å²) in [5.74, 6) is -0.00950. The molecule has 0 atom stereocenters. The van der Waals surface area contributed by atoms with Gasteiger partial charge in [-0.1, -0.05) is 6.92 Å². The van der Waals surface area contributed by atoms with Gasteiger partial charge in [-0.3, -0.25) is 4.98 Å². The Labute approximate surface area is 171 Å². The van der Waals surface area contributed by atoms with Gasteiger partial charge in [-0.15, -0.1) is 10.2 Å². The van der Waals surface area contributed by atoms with Gasteiger partial charge in [-0.25, -0.2) is 13.4 Å². The summed E-state index contributed by atoms with van der Waals surface area (Å²) in [6, 6.07) is 3.18. The van der Waals surface area contributed by atoms with Gasteiger partial charge in [0.05, 0.1) is 28.1 Å². The topological polar surface area (TPSA) is 103 Å². The molecule has 0 aliphatic rings. The molecule has 0 saturated heterocycles. The molecule has 0 spiro atoms. The fourth-order valence-corrected chi connectivity index (χ4v) is 3.85. The predicted octanol–water partition coefficient (Wildman–Crippen LogP) is 3.18. The van der Waals surface area contributed by atoms with E-state index in [4.69, 9.17) is 0 Å². The van der Waals surface area contributed by atoms with Crippen molar-refractivity contribution in [2.75, 3.05) is 17.6 Å². The van der Waals surface area contributed by atoms with Crippen LogP contribution in [0.2, 0.25) is 0 Å². The number of alkyl halides is 3. The van der Waals surface area contributed by atoms with Crippen molar-refractivity contribution in [3.63, 3.8) is 0 Å². The number of sulfone groups is 1. The van der Waals surface area contributed by atoms with Crippen molar-refractivity contribution >= 4 is 15.5 Å². The third-order valence-electron chi connectivity index (χ3n) is 4.35. The van der Waals surface area contributed by atoms with Crippen LogP contribution in [0.5, 0.6) is 0 Å². The van der Waals surface area contributed by atoms with Crippen molar-refractivity contribution in [2.45, 2.75) is 24.9 Å². The van der Waals surface area contributed by atoms with Crippen LogP contribution in [-0.4, -0.2) is 45.4 Å². The number of nitrogens with one attached hydrogen (secondary N) is 1. The number of halogens is 3. The van der Waals surface area contributed by atoms with Crippen LogP contribution in [0, 0.1) is 0 Å². The molecular formula is C18H19F3N6O2S. The highest BCUT2D eigenvalue weighted by Gasteiger charge is 2.31. The summed E-state index contributed by atoms with van der Waals surface area (Å²) in [5.41, 5.74) is -0.336. The molecule has 1 N–H and O–H groups in total. The number of rotatable bonds is 6. The lowest BCUT2D eigenvalue weighted by atomic mass is 10.2. The van der Waals surface area contributed by atoms with Gasteiger partial charge in [0.15, 0.2) is 21.5 Å². The minimum absolute atomic E-state index is 0.0394. The van der Waals surface area contributed by atoms with Gasteiger partial charge in [-0.05, 0) is 25.1 Å². The zero-order valence-corrected chi connectivity index (χ0v) is 17.2. The second-order valence-electron chi connectivity index (χ2n) is 6.34. The summed E-state index contributed by atoms with van der Waals surface area (Å²) in [7, 11) is -2.16. The second-order valence-corrected chi connectivity index (χ2v) is 8.58. The lowest BCUT2D eigenvalue weighted by molar-refractivity contribution is -0.137. The average Bonchev–Trinajstić information content (AvgIpc) is 3.09. The second kappa shape index (κ2) is 8.01. The lowest BCUT2D eigenvalue weighted by Gasteiger charge is -2.12. The maximum absolute atomic E-state index is 13.0. The van der Waals surface area contributed by atoms with E-state index in [2.05, 4.69) is 25.5 Å². The zero-order valence-electron chi connectivity index (χ0n) is 16.4. The molecule has 3 rings (SSSR count). The molecule has 0 saturated carbocycles. The van der Waals surface area contributed by atoms with Gasteiger partial charge >= 0.3 is 6.18 Å². The van der Waals surface area contributed by atoms with E-state index in [0.29, 0.717) is 12.2 Å². The first-order chi connectivity index (χ1) is 14.1. The standard InChI is InChI=1S/C18H19F3N6O2S/c1-4-22-12-9-14(30(28,29)5-2)15(24-10-12)17-26-25-16(27(17)3)13-8-11(6-7-23-13)18(19,20)21/h6-10,22H,4-5H2,1-3H3. The smallest absolute Gasteiger partial charge is 0.384 e. The summed E-state index contributed by atoms with van der Waals surface area (Å²) in [5, 5.41) is 10.9. The molecule has 160 valence electrons. The minimum atomic E-state index is -4.54. The van der Waals surface area contributed by atoms with E-state index >= 15 is 0 Å². The van der Waals surface area contributed by atoms with Crippen molar-refractivity contribution in [3.05, 3.63) is 36.2 Å². The molecule has 3 heterocycles. The first-order valence-electron chi connectivity index (χ1n) is 8.98. The van der Waals surface area contributed by atoms with Crippen LogP contribution >= 0.6 is 0 Å². The molecule has 0 unspecified atom stereocenters. The Hall–Kier alpha value is -3.02. The maximum atomic E-state index is 13.0. The number of pyridine rings is 2. The van der Waals surface area contributed by atoms with Crippen LogP contribution in [0.25, 0.3) is 23.0 Å². The number of hydrogen-bond donors (Lipinski definition) is 1. The fourth-order valence-electron chi connectivity index (χ4n) is 2.79. The Morgan fingerprint density at radius 1 is 1.10 bits per heavy atom. The first kappa shape index (κ1) is 21.7. The van der Waals surface area contributed by atoms with Gasteiger partial charge < -0.3 is 9.88 Å². The van der Waals surface area contributed by atoms with Crippen molar-refractivity contribution in [3.8, 4) is 23.0 Å². The van der Waals surface area contributed by atoms with Crippen LogP contribution in [0.1, 0.15) is 19.4 Å². The summed E-state index contributed by atoms with van der Waals surface area (Å²) in [4.78, 5) is 8.15. The third kappa shape index (κ3) is 4.13. The normalized spacial score (nSPS) is 12.2. The summed E-state index contributed by atoms with van der Waals surface area (Å²) >= 11 is 0. The van der Waals surface area contributed by atoms with Crippen LogP contribution in [0.3, 0.4) is 0 Å². The van der Waals surface area contributed by atoms with E-state index in [1.807, 2.05) is 6.92 Å². The molecule has 0 aliphatic carbocycles. The lowest BCUT2D eigenvalue weighted by Crippen LogP contribution is -2.10. The van der Waals surface area contributed by atoms with Crippen LogP contribution < -0.4 is 5.32 Å². The molecule has 3 aromatic rings. The number of nitrogens with zero attached hydrogens (tertiary/aromatic N) is 5. The highest BCUT2D eigenvalue weighted by molar-refractivity contribution is 7.91. The molecule has 0 bridgehead atoms. The molecule has 0 aliphatic heterocycles. The fraction of sp³-hybridized carbons (Fsp3) is 0.333. The highest BCUT2D eigenvalue weighted by Crippen LogP contribution is 2.32. The third-order valence-corrected chi connectivity index (χ3v) is 6.09. The van der Waals surface area contributed by atoms with E-state index in [1.54, 1.807) is 0 Å². The van der Waals surface area contributed by atoms with Crippen LogP contribution in [0.15, 0.2) is 35.5 Å². The largest absolute Gasteiger partial charge is 0.416 e. The molecule has 30 heavy (non-hydrogen) atoms. The van der Waals surface area contributed by atoms with E-state index < -0.39 is 21.6 Å². The molecule has 8 nitrogen and oxygen atoms in total. The first-order valence-corrected chi connectivity index (χ1v) is 10.6. The van der Waals surface area contributed by atoms with Crippen LogP contribution in [0.4, 0.5) is 18.9 Å². The van der Waals surface area contributed by atoms with E-state index in [9.17, 15) is 21.6 Å². The molecule has 12 heteroatoms. The molecule has 0 amide bonds. The molecule has 0 fully saturated rings. The van der Waals surface area contributed by atoms with Gasteiger partial charge in [0.25, 0.3) is 0 Å². The SMILES string of the molecule is CCNc1cnc(-c2nnc(-c3cc(C(F)(F)F)ccn3)n2C)c(S(=O)(=O)CC)c1. The van der Waals surface area contributed by atoms with Gasteiger partial charge in [-0.2, -0.15) is 13.2 Å². The average molecular weight is 440 g/mol. The molecule has 3 aromatic heterocycles. The molecular weight excluding hydrogens is 421 g/mol. The van der Waals surface area contributed by atoms with Gasteiger partial charge in [0, 0.05) is 19.8 Å². The van der Waals surface area contributed by atoms with Crippen molar-refractivity contribution in [1.82, 2.24) is 24.7 Å². The molecule has 0 radical (unpaired) electrons. The highest BCUT2D eigenvalue weighted by atomic mass is 32.2. The summed E-state index contributed by atoms with van der Waals surface area (Å²) in [6.45, 7) is 3.94. The quantitative estimate of drug-likeness (QED) is 0.628. The van der Waals surface area contributed by atoms with Gasteiger partial charge in [0.2, 0.25) is 0 Å². The Morgan fingerprint density at radius 3 is 2.43 bits per heavy atom. The van der Waals surface area contributed by atoms with E-state index in [-0.39, 0.29) is 33.7 Å². The Kier molecular flexibility index (Phi) is 5.79. The monoisotopic (exact) mass is 440 g/mol. The zero-order chi connectivity index (χ0) is 22.1. The minimum Gasteiger partial charge on any atom is -0.384 e. The summed E-state index contributed by atoms with van der Waals surface area (Å²) < 4.78 is 65.7. The number of aromatic nitrogens is 5. The predicted molar refractivity (Wildman–Crippen MR) is 104 cm³/mol. The Bertz CT molecular complexity index is 1170.